The van der Waals surface area contributed by atoms with Crippen LogP contribution in [0.15, 0.2) is 4.99 Å². The third kappa shape index (κ3) is 9.27. The number of nitrogens with zero attached hydrogens (tertiary/aromatic N) is 2. The number of hydrogen-bond donors (Lipinski definition) is 3. The maximum atomic E-state index is 11.6. The van der Waals surface area contributed by atoms with Crippen molar-refractivity contribution >= 4 is 12.1 Å². The Labute approximate surface area is 159 Å². The Bertz CT molecular complexity index is 448. The van der Waals surface area contributed by atoms with Gasteiger partial charge in [0.25, 0.3) is 0 Å². The molecular formula is C19H39N5O2. The molecule has 2 atom stereocenters. The predicted molar refractivity (Wildman–Crippen MR) is 108 cm³/mol. The van der Waals surface area contributed by atoms with Crippen molar-refractivity contribution < 1.29 is 9.53 Å². The molecule has 0 saturated carbocycles. The minimum atomic E-state index is -0.477. The number of likely N-dealkylation sites (tertiary alicyclic amines) is 1. The van der Waals surface area contributed by atoms with E-state index in [1.54, 1.807) is 0 Å². The summed E-state index contributed by atoms with van der Waals surface area (Å²) in [6.07, 6.45) is 3.51. The maximum absolute atomic E-state index is 11.6. The van der Waals surface area contributed by atoms with E-state index in [-0.39, 0.29) is 0 Å². The molecular weight excluding hydrogens is 330 g/mol. The third-order valence-electron chi connectivity index (χ3n) is 4.36. The van der Waals surface area contributed by atoms with Gasteiger partial charge >= 0.3 is 6.09 Å². The zero-order valence-electron chi connectivity index (χ0n) is 17.5. The average molecular weight is 370 g/mol. The van der Waals surface area contributed by atoms with E-state index >= 15 is 0 Å². The van der Waals surface area contributed by atoms with E-state index in [4.69, 9.17) is 9.73 Å². The third-order valence-corrected chi connectivity index (χ3v) is 4.36. The molecule has 0 aromatic heterocycles. The van der Waals surface area contributed by atoms with Gasteiger partial charge in [-0.15, -0.1) is 0 Å². The smallest absolute Gasteiger partial charge is 0.407 e. The summed E-state index contributed by atoms with van der Waals surface area (Å²) in [5.74, 6) is 0.787. The Balaban J connectivity index is 2.37. The minimum Gasteiger partial charge on any atom is -0.444 e. The van der Waals surface area contributed by atoms with E-state index in [0.29, 0.717) is 25.2 Å². The maximum Gasteiger partial charge on any atom is 0.407 e. The van der Waals surface area contributed by atoms with Gasteiger partial charge in [-0.3, -0.25) is 9.89 Å². The first kappa shape index (κ1) is 22.5. The van der Waals surface area contributed by atoms with E-state index in [9.17, 15) is 4.79 Å². The Morgan fingerprint density at radius 2 is 1.92 bits per heavy atom. The first-order valence-electron chi connectivity index (χ1n) is 9.97. The second-order valence-corrected chi connectivity index (χ2v) is 8.01. The van der Waals surface area contributed by atoms with Crippen LogP contribution in [0.4, 0.5) is 4.79 Å². The lowest BCUT2D eigenvalue weighted by atomic mass is 10.0. The Morgan fingerprint density at radius 1 is 1.23 bits per heavy atom. The lowest BCUT2D eigenvalue weighted by molar-refractivity contribution is 0.0529. The molecule has 1 amide bonds. The molecule has 1 saturated heterocycles. The summed E-state index contributed by atoms with van der Waals surface area (Å²) in [5.41, 5.74) is -0.477. The van der Waals surface area contributed by atoms with Crippen LogP contribution in [0.25, 0.3) is 0 Å². The summed E-state index contributed by atoms with van der Waals surface area (Å²) in [5, 5.41) is 9.26. The molecule has 0 aromatic rings. The zero-order chi connectivity index (χ0) is 19.6. The number of alkyl carbamates (subject to hydrolysis) is 1. The molecule has 1 heterocycles. The molecule has 26 heavy (non-hydrogen) atoms. The van der Waals surface area contributed by atoms with Crippen LogP contribution in [-0.2, 0) is 4.74 Å². The topological polar surface area (TPSA) is 78.0 Å². The SMILES string of the molecule is CCNC(=NCC(C)N1CCCCC1C)NCCNC(=O)OC(C)(C)C. The summed E-state index contributed by atoms with van der Waals surface area (Å²) < 4.78 is 5.22. The van der Waals surface area contributed by atoms with Gasteiger partial charge in [0.15, 0.2) is 5.96 Å². The predicted octanol–water partition coefficient (Wildman–Crippen LogP) is 2.33. The molecule has 1 rings (SSSR count). The monoisotopic (exact) mass is 369 g/mol. The molecule has 0 spiro atoms. The second kappa shape index (κ2) is 11.3. The normalized spacial score (nSPS) is 20.4. The molecule has 0 radical (unpaired) electrons. The van der Waals surface area contributed by atoms with Crippen molar-refractivity contribution in [2.75, 3.05) is 32.7 Å². The van der Waals surface area contributed by atoms with Gasteiger partial charge in [-0.25, -0.2) is 4.79 Å². The van der Waals surface area contributed by atoms with Crippen LogP contribution in [0.3, 0.4) is 0 Å². The van der Waals surface area contributed by atoms with Crippen LogP contribution in [0.1, 0.15) is 60.8 Å². The average Bonchev–Trinajstić information content (AvgIpc) is 2.55. The summed E-state index contributed by atoms with van der Waals surface area (Å²) in [6.45, 7) is 16.0. The summed E-state index contributed by atoms with van der Waals surface area (Å²) in [7, 11) is 0. The van der Waals surface area contributed by atoms with Gasteiger partial charge in [0, 0.05) is 31.7 Å². The fourth-order valence-corrected chi connectivity index (χ4v) is 3.10. The highest BCUT2D eigenvalue weighted by atomic mass is 16.6. The second-order valence-electron chi connectivity index (χ2n) is 8.01. The Kier molecular flexibility index (Phi) is 9.76. The fourth-order valence-electron chi connectivity index (χ4n) is 3.10. The molecule has 152 valence electrons. The van der Waals surface area contributed by atoms with Gasteiger partial charge in [-0.1, -0.05) is 6.42 Å². The van der Waals surface area contributed by atoms with Crippen LogP contribution in [0.5, 0.6) is 0 Å². The van der Waals surface area contributed by atoms with Gasteiger partial charge in [0.1, 0.15) is 5.60 Å². The van der Waals surface area contributed by atoms with Crippen LogP contribution in [0.2, 0.25) is 0 Å². The van der Waals surface area contributed by atoms with Crippen molar-refractivity contribution in [3.8, 4) is 0 Å². The van der Waals surface area contributed by atoms with Crippen LogP contribution in [-0.4, -0.2) is 67.4 Å². The molecule has 0 bridgehead atoms. The van der Waals surface area contributed by atoms with Crippen molar-refractivity contribution in [2.24, 2.45) is 4.99 Å². The van der Waals surface area contributed by atoms with Gasteiger partial charge in [-0.2, -0.15) is 0 Å². The number of carbonyl (C=O) groups is 1. The lowest BCUT2D eigenvalue weighted by Crippen LogP contribution is -2.46. The number of hydrogen-bond acceptors (Lipinski definition) is 4. The number of nitrogens with one attached hydrogen (secondary N) is 3. The van der Waals surface area contributed by atoms with Gasteiger partial charge in [0.05, 0.1) is 6.54 Å². The lowest BCUT2D eigenvalue weighted by Gasteiger charge is -2.37. The number of amides is 1. The largest absolute Gasteiger partial charge is 0.444 e. The van der Waals surface area contributed by atoms with Crippen molar-refractivity contribution in [3.63, 3.8) is 0 Å². The number of piperidine rings is 1. The minimum absolute atomic E-state index is 0.394. The molecule has 7 nitrogen and oxygen atoms in total. The van der Waals surface area contributed by atoms with Gasteiger partial charge in [0.2, 0.25) is 0 Å². The van der Waals surface area contributed by atoms with Crippen LogP contribution >= 0.6 is 0 Å². The summed E-state index contributed by atoms with van der Waals surface area (Å²) in [4.78, 5) is 18.9. The first-order chi connectivity index (χ1) is 12.2. The molecule has 3 N–H and O–H groups in total. The number of rotatable bonds is 7. The molecule has 0 aliphatic carbocycles. The van der Waals surface area contributed by atoms with E-state index in [1.807, 2.05) is 27.7 Å². The zero-order valence-corrected chi connectivity index (χ0v) is 17.5. The number of carbonyl (C=O) groups excluding carboxylic acids is 1. The highest BCUT2D eigenvalue weighted by Crippen LogP contribution is 2.19. The molecule has 1 fully saturated rings. The van der Waals surface area contributed by atoms with E-state index in [1.165, 1.54) is 25.8 Å². The molecule has 1 aliphatic heterocycles. The van der Waals surface area contributed by atoms with E-state index < -0.39 is 11.7 Å². The van der Waals surface area contributed by atoms with Crippen molar-refractivity contribution in [2.45, 2.75) is 78.5 Å². The van der Waals surface area contributed by atoms with Crippen molar-refractivity contribution in [1.29, 1.82) is 0 Å². The quantitative estimate of drug-likeness (QED) is 0.365. The van der Waals surface area contributed by atoms with Gasteiger partial charge in [-0.05, 0) is 60.9 Å². The van der Waals surface area contributed by atoms with E-state index in [2.05, 4.69) is 34.7 Å². The molecule has 7 heteroatoms. The van der Waals surface area contributed by atoms with Crippen molar-refractivity contribution in [3.05, 3.63) is 0 Å². The summed E-state index contributed by atoms with van der Waals surface area (Å²) >= 11 is 0. The van der Waals surface area contributed by atoms with E-state index in [0.717, 1.165) is 19.0 Å². The highest BCUT2D eigenvalue weighted by molar-refractivity contribution is 5.79. The van der Waals surface area contributed by atoms with Crippen LogP contribution < -0.4 is 16.0 Å². The number of aliphatic imine (C=N–C) groups is 1. The molecule has 2 unspecified atom stereocenters. The molecule has 1 aliphatic rings. The Hall–Kier alpha value is -1.50. The number of ether oxygens (including phenoxy) is 1. The highest BCUT2D eigenvalue weighted by Gasteiger charge is 2.22. The van der Waals surface area contributed by atoms with Gasteiger partial charge < -0.3 is 20.7 Å². The standard InChI is InChI=1S/C19H39N5O2/c1-7-20-17(21-11-12-22-18(25)26-19(4,5)6)23-14-16(3)24-13-9-8-10-15(24)2/h15-16H,7-14H2,1-6H3,(H,22,25)(H2,20,21,23). The van der Waals surface area contributed by atoms with Crippen LogP contribution in [0, 0.1) is 0 Å². The van der Waals surface area contributed by atoms with Crippen molar-refractivity contribution in [1.82, 2.24) is 20.9 Å². The number of guanidine groups is 1. The molecule has 0 aromatic carbocycles. The fraction of sp³-hybridized carbons (Fsp3) is 0.895. The summed E-state index contributed by atoms with van der Waals surface area (Å²) in [6, 6.07) is 1.07. The Morgan fingerprint density at radius 3 is 2.54 bits per heavy atom. The first-order valence-corrected chi connectivity index (χ1v) is 9.97.